The zero-order valence-electron chi connectivity index (χ0n) is 43.0. The van der Waals surface area contributed by atoms with Gasteiger partial charge in [0.15, 0.2) is 22.9 Å². The number of carbonyl (C=O) groups is 1. The summed E-state index contributed by atoms with van der Waals surface area (Å²) in [5, 5.41) is 93.8. The van der Waals surface area contributed by atoms with Crippen molar-refractivity contribution in [2.75, 3.05) is 12.8 Å². The molecule has 89 heavy (non-hydrogen) atoms. The molecule has 0 aliphatic carbocycles. The number of nitrogens with zero attached hydrogens (tertiary/aromatic N) is 12. The Morgan fingerprint density at radius 2 is 1.10 bits per heavy atom. The number of methoxy groups -OCH3 is 1. The topological polar surface area (TPSA) is 643 Å². The van der Waals surface area contributed by atoms with E-state index in [9.17, 15) is 118 Å². The van der Waals surface area contributed by atoms with Gasteiger partial charge in [-0.3, -0.25) is 37.4 Å². The molecule has 0 aliphatic heterocycles. The van der Waals surface area contributed by atoms with Crippen molar-refractivity contribution in [3.8, 4) is 34.9 Å². The Morgan fingerprint density at radius 3 is 1.66 bits per heavy atom. The van der Waals surface area contributed by atoms with Crippen molar-refractivity contribution >= 4 is 145 Å². The molecule has 0 saturated heterocycles. The highest BCUT2D eigenvalue weighted by Crippen LogP contribution is 2.50. The minimum Gasteiger partial charge on any atom is -0.505 e. The zero-order chi connectivity index (χ0) is 66.0. The van der Waals surface area contributed by atoms with Crippen LogP contribution in [0, 0.1) is 21.4 Å². The number of nitro groups is 1. The summed E-state index contributed by atoms with van der Waals surface area (Å²) in [6.45, 7) is 0. The standard InChI is InChI=1S/C44H29N13O26S6/c1-83-19-4-9-29(32(12-19)86(71,72)73)56-43(60)37(28(16-45)55-56)52-48-24-6-2-17(10-22(24)44(61)62)47-53-38-33(87(74,75)76)13-21-20(40(38)58)5-8-26(42(21)89(80,81)82)50-51-27-15-30(84(65,66)67)23-14-34(88(77,78)79)39(41(59)35(23)36(27)46)54-49-25-7-3-18(57(63)64)11-31(25)85(68,69)70/h2-15,58-60H,46H2,1H3,(H,61,62)(H,65,66,67)(H,68,69,70)(H,71,72,73)(H,74,75,76)(H,77,78,79)(H,80,81,82). The molecule has 462 valence electrons. The molecule has 0 saturated carbocycles. The number of rotatable bonds is 18. The van der Waals surface area contributed by atoms with E-state index in [1.807, 2.05) is 0 Å². The minimum absolute atomic E-state index is 0.0630. The number of hydrogen-bond donors (Lipinski definition) is 11. The number of benzene rings is 7. The van der Waals surface area contributed by atoms with Crippen molar-refractivity contribution in [1.82, 2.24) is 9.78 Å². The predicted octanol–water partition coefficient (Wildman–Crippen LogP) is 7.51. The number of nitro benzene ring substituents is 1. The molecule has 0 fully saturated rings. The summed E-state index contributed by atoms with van der Waals surface area (Å²) in [5.74, 6) is -5.79. The van der Waals surface area contributed by atoms with Gasteiger partial charge in [0.05, 0.1) is 40.0 Å². The van der Waals surface area contributed by atoms with E-state index in [0.717, 1.165) is 36.4 Å². The number of anilines is 1. The fraction of sp³-hybridized carbons (Fsp3) is 0.0227. The summed E-state index contributed by atoms with van der Waals surface area (Å²) in [5.41, 5.74) is -5.15. The first-order valence-corrected chi connectivity index (χ1v) is 31.3. The average Bonchev–Trinajstić information content (AvgIpc) is 1.26. The number of aromatic hydroxyl groups is 3. The Hall–Kier alpha value is -10.5. The molecule has 0 radical (unpaired) electrons. The van der Waals surface area contributed by atoms with Gasteiger partial charge in [-0.25, -0.2) is 4.79 Å². The Labute approximate surface area is 494 Å². The lowest BCUT2D eigenvalue weighted by molar-refractivity contribution is -0.385. The van der Waals surface area contributed by atoms with Gasteiger partial charge in [0.1, 0.15) is 75.3 Å². The van der Waals surface area contributed by atoms with Gasteiger partial charge in [0.2, 0.25) is 5.88 Å². The van der Waals surface area contributed by atoms with Crippen LogP contribution in [-0.2, 0) is 60.7 Å². The van der Waals surface area contributed by atoms with Gasteiger partial charge in [-0.2, -0.15) is 70.7 Å². The van der Waals surface area contributed by atoms with Crippen LogP contribution in [0.3, 0.4) is 0 Å². The normalized spacial score (nSPS) is 12.9. The molecule has 0 amide bonds. The number of nitrogen functional groups attached to an aromatic ring is 1. The summed E-state index contributed by atoms with van der Waals surface area (Å²) in [4.78, 5) is 14.6. The number of carboxylic acids is 1. The maximum atomic E-state index is 13.1. The van der Waals surface area contributed by atoms with E-state index in [1.165, 1.54) is 13.2 Å². The maximum absolute atomic E-state index is 13.1. The number of aromatic carboxylic acids is 1. The molecular formula is C44H29N13O26S6. The summed E-state index contributed by atoms with van der Waals surface area (Å²) in [6, 6.07) is 11.0. The van der Waals surface area contributed by atoms with Crippen LogP contribution in [0.2, 0.25) is 0 Å². The number of phenolic OH excluding ortho intramolecular Hbond substituents is 2. The Bertz CT molecular complexity index is 5380. The zero-order valence-corrected chi connectivity index (χ0v) is 47.9. The van der Waals surface area contributed by atoms with Crippen LogP contribution in [-0.4, -0.2) is 126 Å². The summed E-state index contributed by atoms with van der Waals surface area (Å²) < 4.78 is 218. The van der Waals surface area contributed by atoms with E-state index in [2.05, 4.69) is 46.0 Å². The number of non-ortho nitro benzene ring substituents is 1. The Kier molecular flexibility index (Phi) is 16.6. The van der Waals surface area contributed by atoms with Crippen LogP contribution in [0.1, 0.15) is 16.1 Å². The highest BCUT2D eigenvalue weighted by Gasteiger charge is 2.32. The molecular weight excluding hydrogens is 1320 g/mol. The lowest BCUT2D eigenvalue weighted by Gasteiger charge is -2.15. The Morgan fingerprint density at radius 1 is 0.573 bits per heavy atom. The van der Waals surface area contributed by atoms with Crippen molar-refractivity contribution in [1.29, 1.82) is 5.26 Å². The fourth-order valence-electron chi connectivity index (χ4n) is 8.04. The first-order valence-electron chi connectivity index (χ1n) is 22.7. The summed E-state index contributed by atoms with van der Waals surface area (Å²) in [7, 11) is -32.1. The second-order valence-corrected chi connectivity index (χ2v) is 25.6. The summed E-state index contributed by atoms with van der Waals surface area (Å²) in [6.07, 6.45) is 0. The van der Waals surface area contributed by atoms with Crippen LogP contribution in [0.4, 0.5) is 56.9 Å². The van der Waals surface area contributed by atoms with Crippen molar-refractivity contribution in [2.24, 2.45) is 40.9 Å². The molecule has 0 unspecified atom stereocenters. The van der Waals surface area contributed by atoms with E-state index in [4.69, 9.17) is 10.5 Å². The van der Waals surface area contributed by atoms with Gasteiger partial charge in [-0.15, -0.1) is 35.8 Å². The van der Waals surface area contributed by atoms with Gasteiger partial charge < -0.3 is 30.9 Å². The quantitative estimate of drug-likeness (QED) is 0.0130. The number of azo groups is 4. The molecule has 1 aromatic heterocycles. The molecule has 0 aliphatic rings. The second kappa shape index (κ2) is 23.0. The molecule has 0 spiro atoms. The molecule has 0 bridgehead atoms. The highest BCUT2D eigenvalue weighted by atomic mass is 32.2. The third-order valence-electron chi connectivity index (χ3n) is 11.9. The smallest absolute Gasteiger partial charge is 0.338 e. The van der Waals surface area contributed by atoms with Crippen molar-refractivity contribution in [2.45, 2.75) is 29.4 Å². The number of carboxylic acid groups (broad SMARTS) is 1. The first kappa shape index (κ1) is 64.5. The second-order valence-electron chi connectivity index (χ2n) is 17.3. The first-order chi connectivity index (χ1) is 41.2. The molecule has 45 heteroatoms. The molecule has 8 rings (SSSR count). The fourth-order valence-corrected chi connectivity index (χ4v) is 12.2. The van der Waals surface area contributed by atoms with Gasteiger partial charge in [-0.1, -0.05) is 0 Å². The Balaban J connectivity index is 1.22. The molecule has 8 aromatic rings. The number of fused-ring (bicyclic) bond motifs is 2. The van der Waals surface area contributed by atoms with Crippen LogP contribution in [0.25, 0.3) is 27.2 Å². The minimum atomic E-state index is -5.77. The number of hydrogen-bond acceptors (Lipinski definition) is 30. The number of aromatic nitrogens is 2. The number of ether oxygens (including phenoxy) is 1. The third-order valence-corrected chi connectivity index (χ3v) is 17.2. The highest BCUT2D eigenvalue weighted by molar-refractivity contribution is 7.87. The van der Waals surface area contributed by atoms with E-state index in [-0.39, 0.29) is 11.8 Å². The van der Waals surface area contributed by atoms with Crippen LogP contribution in [0.15, 0.2) is 155 Å². The summed E-state index contributed by atoms with van der Waals surface area (Å²) >= 11 is 0. The van der Waals surface area contributed by atoms with Gasteiger partial charge in [0, 0.05) is 34.4 Å². The predicted molar refractivity (Wildman–Crippen MR) is 294 cm³/mol. The van der Waals surface area contributed by atoms with Gasteiger partial charge >= 0.3 is 5.97 Å². The average molecular weight is 1350 g/mol. The van der Waals surface area contributed by atoms with Gasteiger partial charge in [-0.05, 0) is 66.7 Å². The molecule has 12 N–H and O–H groups in total. The van der Waals surface area contributed by atoms with Crippen molar-refractivity contribution in [3.63, 3.8) is 0 Å². The van der Waals surface area contributed by atoms with E-state index >= 15 is 0 Å². The molecule has 39 nitrogen and oxygen atoms in total. The van der Waals surface area contributed by atoms with Crippen molar-refractivity contribution < 1.29 is 113 Å². The SMILES string of the molecule is COc1ccc(-n2nc(C#N)c(N=Nc3ccc(N=Nc4c(S(=O)(=O)O)cc5c(S(=O)(=O)O)c(N=Nc6cc(S(=O)(=O)O)c7cc(S(=O)(=O)O)c(N=Nc8ccc([N+](=O)[O-])cc8S(=O)(=O)O)c(O)c7c6N)ccc5c4O)cc3C(=O)O)c2O)c(S(=O)(=O)O)c1. The molecule has 7 aromatic carbocycles. The van der Waals surface area contributed by atoms with E-state index in [0.29, 0.717) is 41.1 Å². The van der Waals surface area contributed by atoms with E-state index < -0.39 is 214 Å². The maximum Gasteiger partial charge on any atom is 0.338 e. The lowest BCUT2D eigenvalue weighted by atomic mass is 10.0. The largest absolute Gasteiger partial charge is 0.505 e. The number of nitrogens with two attached hydrogens (primary N) is 1. The lowest BCUT2D eigenvalue weighted by Crippen LogP contribution is -2.07. The van der Waals surface area contributed by atoms with Crippen LogP contribution in [0.5, 0.6) is 23.1 Å². The molecule has 1 heterocycles. The third kappa shape index (κ3) is 12.8. The molecule has 0 atom stereocenters. The van der Waals surface area contributed by atoms with Crippen molar-refractivity contribution in [3.05, 3.63) is 106 Å². The monoisotopic (exact) mass is 1350 g/mol. The van der Waals surface area contributed by atoms with Gasteiger partial charge in [0.25, 0.3) is 66.4 Å². The number of nitriles is 1. The van der Waals surface area contributed by atoms with Crippen LogP contribution >= 0.6 is 0 Å². The van der Waals surface area contributed by atoms with E-state index in [1.54, 1.807) is 6.07 Å². The van der Waals surface area contributed by atoms with Crippen LogP contribution < -0.4 is 10.5 Å². The number of phenols is 2.